The molecule has 34 heavy (non-hydrogen) atoms. The van der Waals surface area contributed by atoms with Gasteiger partial charge in [-0.25, -0.2) is 0 Å². The minimum atomic E-state index is -0.00815. The average molecular weight is 457 g/mol. The molecule has 1 saturated heterocycles. The molecule has 3 heteroatoms. The van der Waals surface area contributed by atoms with Gasteiger partial charge < -0.3 is 9.64 Å². The Morgan fingerprint density at radius 1 is 0.647 bits per heavy atom. The highest BCUT2D eigenvalue weighted by Crippen LogP contribution is 2.26. The zero-order chi connectivity index (χ0) is 23.6. The van der Waals surface area contributed by atoms with Crippen LogP contribution in [-0.4, -0.2) is 55.7 Å². The van der Waals surface area contributed by atoms with Gasteiger partial charge in [-0.3, -0.25) is 4.90 Å². The summed E-state index contributed by atoms with van der Waals surface area (Å²) in [6, 6.07) is 32.1. The van der Waals surface area contributed by atoms with E-state index in [-0.39, 0.29) is 6.10 Å². The van der Waals surface area contributed by atoms with Gasteiger partial charge in [0.1, 0.15) is 6.10 Å². The van der Waals surface area contributed by atoms with Crippen LogP contribution >= 0.6 is 0 Å². The highest BCUT2D eigenvalue weighted by molar-refractivity contribution is 5.29. The molecule has 1 heterocycles. The maximum absolute atomic E-state index is 6.47. The smallest absolute Gasteiger partial charge is 0.108 e. The second-order valence-electron chi connectivity index (χ2n) is 9.74. The van der Waals surface area contributed by atoms with Crippen molar-refractivity contribution in [2.45, 2.75) is 32.3 Å². The maximum Gasteiger partial charge on any atom is 0.108 e. The van der Waals surface area contributed by atoms with E-state index in [1.54, 1.807) is 0 Å². The molecule has 3 nitrogen and oxygen atoms in total. The zero-order valence-corrected chi connectivity index (χ0v) is 20.9. The van der Waals surface area contributed by atoms with Crippen molar-refractivity contribution in [2.75, 3.05) is 45.9 Å². The van der Waals surface area contributed by atoms with Crippen LogP contribution < -0.4 is 0 Å². The molecule has 0 spiro atoms. The Labute approximate surface area is 206 Å². The molecule has 0 saturated carbocycles. The van der Waals surface area contributed by atoms with Crippen molar-refractivity contribution in [1.82, 2.24) is 9.80 Å². The zero-order valence-electron chi connectivity index (χ0n) is 20.9. The molecule has 0 amide bonds. The molecule has 2 atom stereocenters. The van der Waals surface area contributed by atoms with Crippen LogP contribution in [0.4, 0.5) is 0 Å². The molecule has 4 rings (SSSR count). The Hall–Kier alpha value is -2.46. The second-order valence-corrected chi connectivity index (χ2v) is 9.74. The summed E-state index contributed by atoms with van der Waals surface area (Å²) in [6.45, 7) is 12.3. The Morgan fingerprint density at radius 3 is 1.74 bits per heavy atom. The van der Waals surface area contributed by atoms with Gasteiger partial charge in [0.25, 0.3) is 0 Å². The molecular formula is C31H40N2O. The molecule has 0 N–H and O–H groups in total. The fraction of sp³-hybridized carbons (Fsp3) is 0.419. The van der Waals surface area contributed by atoms with Gasteiger partial charge in [0.2, 0.25) is 0 Å². The first-order valence-electron chi connectivity index (χ1n) is 12.9. The highest BCUT2D eigenvalue weighted by atomic mass is 16.5. The van der Waals surface area contributed by atoms with Crippen LogP contribution in [0.25, 0.3) is 0 Å². The molecule has 1 fully saturated rings. The lowest BCUT2D eigenvalue weighted by Crippen LogP contribution is -2.35. The van der Waals surface area contributed by atoms with E-state index >= 15 is 0 Å². The molecular weight excluding hydrogens is 416 g/mol. The minimum absolute atomic E-state index is 0.00815. The summed E-state index contributed by atoms with van der Waals surface area (Å²) in [5, 5.41) is 0. The fourth-order valence-electron chi connectivity index (χ4n) is 5.02. The summed E-state index contributed by atoms with van der Waals surface area (Å²) in [6.07, 6.45) is 1.22. The van der Waals surface area contributed by atoms with E-state index in [1.807, 2.05) is 0 Å². The Balaban J connectivity index is 1.26. The summed E-state index contributed by atoms with van der Waals surface area (Å²) in [5.41, 5.74) is 3.89. The molecule has 0 aromatic heterocycles. The number of benzene rings is 3. The monoisotopic (exact) mass is 456 g/mol. The Bertz CT molecular complexity index is 907. The van der Waals surface area contributed by atoms with Crippen molar-refractivity contribution in [1.29, 1.82) is 0 Å². The van der Waals surface area contributed by atoms with E-state index in [4.69, 9.17) is 4.74 Å². The number of nitrogens with zero attached hydrogens (tertiary/aromatic N) is 2. The molecule has 0 radical (unpaired) electrons. The van der Waals surface area contributed by atoms with Crippen LogP contribution in [0.5, 0.6) is 0 Å². The average Bonchev–Trinajstić information content (AvgIpc) is 3.12. The Morgan fingerprint density at radius 2 is 1.15 bits per heavy atom. The van der Waals surface area contributed by atoms with E-state index < -0.39 is 0 Å². The van der Waals surface area contributed by atoms with E-state index in [1.165, 1.54) is 36.2 Å². The third-order valence-electron chi connectivity index (χ3n) is 7.30. The third-order valence-corrected chi connectivity index (χ3v) is 7.30. The summed E-state index contributed by atoms with van der Waals surface area (Å²) in [7, 11) is 0. The highest BCUT2D eigenvalue weighted by Gasteiger charge is 2.21. The largest absolute Gasteiger partial charge is 0.367 e. The minimum Gasteiger partial charge on any atom is -0.367 e. The summed E-state index contributed by atoms with van der Waals surface area (Å²) < 4.78 is 6.47. The SMILES string of the molecule is CC(CN1CCCN(CCOC(c2ccccc2)c2ccccc2)CC1)C(C)c1ccccc1. The maximum atomic E-state index is 6.47. The van der Waals surface area contributed by atoms with Crippen LogP contribution in [0, 0.1) is 5.92 Å². The van der Waals surface area contributed by atoms with E-state index in [0.717, 1.165) is 32.8 Å². The van der Waals surface area contributed by atoms with Gasteiger partial charge in [0, 0.05) is 26.2 Å². The van der Waals surface area contributed by atoms with E-state index in [9.17, 15) is 0 Å². The lowest BCUT2D eigenvalue weighted by molar-refractivity contribution is 0.0604. The van der Waals surface area contributed by atoms with Crippen molar-refractivity contribution in [3.63, 3.8) is 0 Å². The van der Waals surface area contributed by atoms with Crippen molar-refractivity contribution >= 4 is 0 Å². The third kappa shape index (κ3) is 7.02. The summed E-state index contributed by atoms with van der Waals surface area (Å²) in [5.74, 6) is 1.23. The van der Waals surface area contributed by atoms with Gasteiger partial charge in [-0.2, -0.15) is 0 Å². The van der Waals surface area contributed by atoms with Gasteiger partial charge in [-0.1, -0.05) is 105 Å². The number of rotatable bonds is 10. The van der Waals surface area contributed by atoms with Crippen LogP contribution in [0.15, 0.2) is 91.0 Å². The van der Waals surface area contributed by atoms with Crippen molar-refractivity contribution < 1.29 is 4.74 Å². The van der Waals surface area contributed by atoms with Crippen molar-refractivity contribution in [2.24, 2.45) is 5.92 Å². The molecule has 2 unspecified atom stereocenters. The molecule has 3 aromatic carbocycles. The molecule has 1 aliphatic rings. The first-order valence-corrected chi connectivity index (χ1v) is 12.9. The van der Waals surface area contributed by atoms with Crippen molar-refractivity contribution in [3.05, 3.63) is 108 Å². The fourth-order valence-corrected chi connectivity index (χ4v) is 5.02. The van der Waals surface area contributed by atoms with Crippen LogP contribution in [0.3, 0.4) is 0 Å². The van der Waals surface area contributed by atoms with Gasteiger partial charge >= 0.3 is 0 Å². The number of hydrogen-bond acceptors (Lipinski definition) is 3. The predicted molar refractivity (Wildman–Crippen MR) is 142 cm³/mol. The predicted octanol–water partition coefficient (Wildman–Crippen LogP) is 6.24. The molecule has 3 aromatic rings. The lowest BCUT2D eigenvalue weighted by atomic mass is 9.88. The van der Waals surface area contributed by atoms with Gasteiger partial charge in [0.15, 0.2) is 0 Å². The summed E-state index contributed by atoms with van der Waals surface area (Å²) >= 11 is 0. The lowest BCUT2D eigenvalue weighted by Gasteiger charge is -2.28. The second kappa shape index (κ2) is 12.9. The Kier molecular flexibility index (Phi) is 9.32. The first-order chi connectivity index (χ1) is 16.7. The molecule has 0 bridgehead atoms. The molecule has 0 aliphatic carbocycles. The number of ether oxygens (including phenoxy) is 1. The van der Waals surface area contributed by atoms with Crippen LogP contribution in [0.1, 0.15) is 49.0 Å². The molecule has 180 valence electrons. The van der Waals surface area contributed by atoms with Crippen LogP contribution in [0.2, 0.25) is 0 Å². The topological polar surface area (TPSA) is 15.7 Å². The van der Waals surface area contributed by atoms with Crippen molar-refractivity contribution in [3.8, 4) is 0 Å². The number of hydrogen-bond donors (Lipinski definition) is 0. The van der Waals surface area contributed by atoms with Gasteiger partial charge in [-0.15, -0.1) is 0 Å². The van der Waals surface area contributed by atoms with Gasteiger partial charge in [-0.05, 0) is 48.0 Å². The molecule has 1 aliphatic heterocycles. The van der Waals surface area contributed by atoms with Crippen LogP contribution in [-0.2, 0) is 4.74 Å². The standard InChI is InChI=1S/C31H40N2O/c1-26(27(2)28-13-6-3-7-14-28)25-33-20-12-19-32(21-22-33)23-24-34-31(29-15-8-4-9-16-29)30-17-10-5-11-18-30/h3-11,13-18,26-27,31H,12,19-25H2,1-2H3. The van der Waals surface area contributed by atoms with Gasteiger partial charge in [0.05, 0.1) is 6.61 Å². The first kappa shape index (κ1) is 24.7. The van der Waals surface area contributed by atoms with E-state index in [2.05, 4.69) is 115 Å². The van der Waals surface area contributed by atoms with E-state index in [0.29, 0.717) is 11.8 Å². The quantitative estimate of drug-likeness (QED) is 0.359. The normalized spacial score (nSPS) is 17.4. The summed E-state index contributed by atoms with van der Waals surface area (Å²) in [4.78, 5) is 5.25.